The van der Waals surface area contributed by atoms with E-state index in [1.54, 1.807) is 0 Å². The lowest BCUT2D eigenvalue weighted by Crippen LogP contribution is -2.24. The van der Waals surface area contributed by atoms with Crippen LogP contribution in [0.4, 0.5) is 11.5 Å². The van der Waals surface area contributed by atoms with Gasteiger partial charge in [0.1, 0.15) is 5.82 Å². The van der Waals surface area contributed by atoms with Crippen LogP contribution >= 0.6 is 0 Å². The minimum Gasteiger partial charge on any atom is -0.476 e. The topological polar surface area (TPSA) is 75.2 Å². The maximum absolute atomic E-state index is 8.67. The van der Waals surface area contributed by atoms with Crippen molar-refractivity contribution in [1.82, 2.24) is 4.98 Å². The number of nitriles is 1. The summed E-state index contributed by atoms with van der Waals surface area (Å²) in [6.07, 6.45) is 2.96. The number of nitrogen functional groups attached to an aromatic ring is 1. The third-order valence-corrected chi connectivity index (χ3v) is 3.23. The van der Waals surface area contributed by atoms with Crippen molar-refractivity contribution in [2.45, 2.75) is 26.2 Å². The molecule has 0 unspecified atom stereocenters. The highest BCUT2D eigenvalue weighted by molar-refractivity contribution is 5.54. The Labute approximate surface area is 114 Å². The Balaban J connectivity index is 2.06. The van der Waals surface area contributed by atoms with E-state index < -0.39 is 0 Å². The number of rotatable bonds is 7. The zero-order chi connectivity index (χ0) is 13.7. The van der Waals surface area contributed by atoms with Gasteiger partial charge in [-0.1, -0.05) is 0 Å². The molecule has 19 heavy (non-hydrogen) atoms. The molecule has 0 atom stereocenters. The van der Waals surface area contributed by atoms with Crippen LogP contribution in [0.25, 0.3) is 0 Å². The Morgan fingerprint density at radius 1 is 1.53 bits per heavy atom. The van der Waals surface area contributed by atoms with Crippen LogP contribution < -0.4 is 15.4 Å². The number of hydrogen-bond donors (Lipinski definition) is 1. The molecule has 1 aromatic heterocycles. The van der Waals surface area contributed by atoms with Crippen molar-refractivity contribution in [3.8, 4) is 11.9 Å². The molecular weight excluding hydrogens is 240 g/mol. The number of anilines is 2. The number of hydrogen-bond acceptors (Lipinski definition) is 5. The molecule has 1 saturated carbocycles. The fourth-order valence-electron chi connectivity index (χ4n) is 1.83. The van der Waals surface area contributed by atoms with E-state index >= 15 is 0 Å². The maximum atomic E-state index is 8.67. The maximum Gasteiger partial charge on any atom is 0.239 e. The van der Waals surface area contributed by atoms with Crippen LogP contribution in [0.5, 0.6) is 5.88 Å². The van der Waals surface area contributed by atoms with Gasteiger partial charge in [-0.2, -0.15) is 10.2 Å². The summed E-state index contributed by atoms with van der Waals surface area (Å²) < 4.78 is 5.67. The lowest BCUT2D eigenvalue weighted by Gasteiger charge is -2.21. The van der Waals surface area contributed by atoms with Gasteiger partial charge in [-0.05, 0) is 37.8 Å². The summed E-state index contributed by atoms with van der Waals surface area (Å²) in [5.41, 5.74) is 6.45. The second kappa shape index (κ2) is 6.28. The molecule has 0 aromatic carbocycles. The first-order chi connectivity index (χ1) is 9.24. The van der Waals surface area contributed by atoms with E-state index in [0.717, 1.165) is 12.4 Å². The molecule has 0 radical (unpaired) electrons. The monoisotopic (exact) mass is 260 g/mol. The Hall–Kier alpha value is -1.96. The summed E-state index contributed by atoms with van der Waals surface area (Å²) >= 11 is 0. The summed E-state index contributed by atoms with van der Waals surface area (Å²) in [6.45, 7) is 4.22. The van der Waals surface area contributed by atoms with Crippen molar-refractivity contribution in [1.29, 1.82) is 5.26 Å². The van der Waals surface area contributed by atoms with Gasteiger partial charge >= 0.3 is 0 Å². The fourth-order valence-corrected chi connectivity index (χ4v) is 1.83. The normalized spacial score (nSPS) is 13.9. The third-order valence-electron chi connectivity index (χ3n) is 3.23. The first kappa shape index (κ1) is 13.5. The highest BCUT2D eigenvalue weighted by Crippen LogP contribution is 2.31. The lowest BCUT2D eigenvalue weighted by atomic mass is 10.3. The van der Waals surface area contributed by atoms with Crippen LogP contribution in [0.3, 0.4) is 0 Å². The van der Waals surface area contributed by atoms with Gasteiger partial charge in [0.15, 0.2) is 0 Å². The number of ether oxygens (including phenoxy) is 1. The smallest absolute Gasteiger partial charge is 0.239 e. The van der Waals surface area contributed by atoms with Crippen molar-refractivity contribution >= 4 is 11.5 Å². The van der Waals surface area contributed by atoms with Gasteiger partial charge in [-0.15, -0.1) is 0 Å². The first-order valence-corrected chi connectivity index (χ1v) is 6.75. The number of nitrogens with two attached hydrogens (primary N) is 1. The third kappa shape index (κ3) is 3.75. The highest BCUT2D eigenvalue weighted by atomic mass is 16.5. The van der Waals surface area contributed by atoms with Gasteiger partial charge in [0.25, 0.3) is 0 Å². The average Bonchev–Trinajstić information content (AvgIpc) is 3.24. The van der Waals surface area contributed by atoms with Crippen molar-refractivity contribution in [2.24, 2.45) is 5.92 Å². The summed E-state index contributed by atoms with van der Waals surface area (Å²) in [5, 5.41) is 8.67. The number of nitrogens with zero attached hydrogens (tertiary/aromatic N) is 3. The first-order valence-electron chi connectivity index (χ1n) is 6.75. The zero-order valence-corrected chi connectivity index (χ0v) is 11.3. The Bertz CT molecular complexity index is 465. The van der Waals surface area contributed by atoms with Crippen LogP contribution in [0, 0.1) is 17.2 Å². The molecule has 2 N–H and O–H groups in total. The van der Waals surface area contributed by atoms with E-state index in [0.29, 0.717) is 37.1 Å². The van der Waals surface area contributed by atoms with Crippen molar-refractivity contribution in [3.63, 3.8) is 0 Å². The summed E-state index contributed by atoms with van der Waals surface area (Å²) in [7, 11) is 0. The fraction of sp³-hybridized carbons (Fsp3) is 0.571. The van der Waals surface area contributed by atoms with Crippen LogP contribution in [0.1, 0.15) is 26.2 Å². The summed E-state index contributed by atoms with van der Waals surface area (Å²) in [5.74, 6) is 2.00. The van der Waals surface area contributed by atoms with Gasteiger partial charge in [0, 0.05) is 13.1 Å². The Morgan fingerprint density at radius 2 is 2.32 bits per heavy atom. The molecule has 0 saturated heterocycles. The van der Waals surface area contributed by atoms with E-state index in [-0.39, 0.29) is 0 Å². The van der Waals surface area contributed by atoms with E-state index in [1.807, 2.05) is 24.0 Å². The quantitative estimate of drug-likeness (QED) is 0.813. The van der Waals surface area contributed by atoms with Crippen LogP contribution in [0.15, 0.2) is 12.1 Å². The SMILES string of the molecule is CCN(CCC#N)c1ccc(N)c(OCC2CC2)n1. The van der Waals surface area contributed by atoms with Gasteiger partial charge < -0.3 is 15.4 Å². The van der Waals surface area contributed by atoms with E-state index in [1.165, 1.54) is 12.8 Å². The molecule has 1 aliphatic carbocycles. The van der Waals surface area contributed by atoms with Crippen LogP contribution in [-0.2, 0) is 0 Å². The van der Waals surface area contributed by atoms with E-state index in [2.05, 4.69) is 11.1 Å². The Morgan fingerprint density at radius 3 is 2.95 bits per heavy atom. The predicted molar refractivity (Wildman–Crippen MR) is 75.0 cm³/mol. The Kier molecular flexibility index (Phi) is 4.45. The minimum atomic E-state index is 0.484. The molecular formula is C14H20N4O. The minimum absolute atomic E-state index is 0.484. The molecule has 0 spiro atoms. The molecule has 0 amide bonds. The summed E-state index contributed by atoms with van der Waals surface area (Å²) in [4.78, 5) is 6.51. The molecule has 102 valence electrons. The van der Waals surface area contributed by atoms with Gasteiger partial charge in [-0.3, -0.25) is 0 Å². The van der Waals surface area contributed by atoms with E-state index in [4.69, 9.17) is 15.7 Å². The van der Waals surface area contributed by atoms with Crippen LogP contribution in [0.2, 0.25) is 0 Å². The van der Waals surface area contributed by atoms with Crippen molar-refractivity contribution < 1.29 is 4.74 Å². The second-order valence-electron chi connectivity index (χ2n) is 4.81. The lowest BCUT2D eigenvalue weighted by molar-refractivity contribution is 0.290. The molecule has 5 nitrogen and oxygen atoms in total. The summed E-state index contributed by atoms with van der Waals surface area (Å²) in [6, 6.07) is 5.85. The molecule has 1 heterocycles. The highest BCUT2D eigenvalue weighted by Gasteiger charge is 2.22. The molecule has 0 aliphatic heterocycles. The largest absolute Gasteiger partial charge is 0.476 e. The standard InChI is InChI=1S/C14H20N4O/c1-2-18(9-3-8-15)13-7-6-12(16)14(17-13)19-10-11-4-5-11/h6-7,11H,2-5,9-10,16H2,1H3. The van der Waals surface area contributed by atoms with Crippen molar-refractivity contribution in [2.75, 3.05) is 30.3 Å². The molecule has 0 bridgehead atoms. The number of pyridine rings is 1. The van der Waals surface area contributed by atoms with Crippen LogP contribution in [-0.4, -0.2) is 24.7 Å². The molecule has 1 aromatic rings. The molecule has 1 fully saturated rings. The average molecular weight is 260 g/mol. The van der Waals surface area contributed by atoms with E-state index in [9.17, 15) is 0 Å². The zero-order valence-electron chi connectivity index (χ0n) is 11.3. The molecule has 5 heteroatoms. The predicted octanol–water partition coefficient (Wildman–Crippen LogP) is 2.19. The number of aromatic nitrogens is 1. The van der Waals surface area contributed by atoms with Gasteiger partial charge in [0.05, 0.1) is 24.8 Å². The van der Waals surface area contributed by atoms with Gasteiger partial charge in [0.2, 0.25) is 5.88 Å². The van der Waals surface area contributed by atoms with Crippen molar-refractivity contribution in [3.05, 3.63) is 12.1 Å². The molecule has 1 aliphatic rings. The molecule has 2 rings (SSSR count). The second-order valence-corrected chi connectivity index (χ2v) is 4.81. The van der Waals surface area contributed by atoms with Gasteiger partial charge in [-0.25, -0.2) is 0 Å².